The first-order valence-corrected chi connectivity index (χ1v) is 7.56. The lowest BCUT2D eigenvalue weighted by atomic mass is 10.1. The second-order valence-corrected chi connectivity index (χ2v) is 5.53. The molecule has 0 aliphatic carbocycles. The van der Waals surface area contributed by atoms with Gasteiger partial charge in [-0.3, -0.25) is 4.79 Å². The predicted molar refractivity (Wildman–Crippen MR) is 107 cm³/mol. The standard InChI is InChI=1S/C18H23N3O2.2ClH/c1-21(2)11-12-23-17-10-6-3-7-14(17)13-20-18(22)15-8-4-5-9-16(15)19;;/h3-10H,11-13,19H2,1-2H3,(H,20,22);2*1H. The number of nitrogens with two attached hydrogens (primary N) is 1. The van der Waals surface area contributed by atoms with Gasteiger partial charge in [0.05, 0.1) is 5.56 Å². The van der Waals surface area contributed by atoms with E-state index < -0.39 is 0 Å². The Morgan fingerprint density at radius 3 is 2.40 bits per heavy atom. The maximum absolute atomic E-state index is 12.2. The van der Waals surface area contributed by atoms with Crippen LogP contribution in [0.15, 0.2) is 48.5 Å². The summed E-state index contributed by atoms with van der Waals surface area (Å²) in [7, 11) is 4.00. The molecule has 5 nitrogen and oxygen atoms in total. The molecule has 0 unspecified atom stereocenters. The molecule has 2 rings (SSSR count). The third-order valence-corrected chi connectivity index (χ3v) is 3.41. The number of nitrogens with one attached hydrogen (secondary N) is 1. The smallest absolute Gasteiger partial charge is 0.253 e. The van der Waals surface area contributed by atoms with Crippen LogP contribution in [0.1, 0.15) is 15.9 Å². The normalized spacial score (nSPS) is 9.72. The van der Waals surface area contributed by atoms with E-state index in [4.69, 9.17) is 10.5 Å². The van der Waals surface area contributed by atoms with Gasteiger partial charge in [0.15, 0.2) is 0 Å². The molecule has 0 aromatic heterocycles. The molecule has 0 aliphatic heterocycles. The van der Waals surface area contributed by atoms with E-state index in [1.165, 1.54) is 0 Å². The van der Waals surface area contributed by atoms with Crippen molar-refractivity contribution in [3.63, 3.8) is 0 Å². The highest BCUT2D eigenvalue weighted by atomic mass is 35.5. The number of hydrogen-bond acceptors (Lipinski definition) is 4. The van der Waals surface area contributed by atoms with Crippen LogP contribution in [-0.2, 0) is 6.54 Å². The highest BCUT2D eigenvalue weighted by Gasteiger charge is 2.10. The number of anilines is 1. The van der Waals surface area contributed by atoms with Gasteiger partial charge in [0, 0.05) is 24.3 Å². The summed E-state index contributed by atoms with van der Waals surface area (Å²) < 4.78 is 5.79. The van der Waals surface area contributed by atoms with E-state index in [9.17, 15) is 4.79 Å². The Kier molecular flexibility index (Phi) is 10.7. The minimum absolute atomic E-state index is 0. The maximum Gasteiger partial charge on any atom is 0.253 e. The fourth-order valence-corrected chi connectivity index (χ4v) is 2.10. The number of amides is 1. The van der Waals surface area contributed by atoms with Crippen LogP contribution in [0.5, 0.6) is 5.75 Å². The molecule has 0 radical (unpaired) electrons. The highest BCUT2D eigenvalue weighted by molar-refractivity contribution is 5.99. The fraction of sp³-hybridized carbons (Fsp3) is 0.278. The summed E-state index contributed by atoms with van der Waals surface area (Å²) in [6.07, 6.45) is 0. The van der Waals surface area contributed by atoms with Crippen molar-refractivity contribution < 1.29 is 9.53 Å². The number of nitrogens with zero attached hydrogens (tertiary/aromatic N) is 1. The average molecular weight is 386 g/mol. The molecular formula is C18H25Cl2N3O2. The topological polar surface area (TPSA) is 67.6 Å². The molecule has 0 atom stereocenters. The van der Waals surface area contributed by atoms with Gasteiger partial charge < -0.3 is 20.7 Å². The van der Waals surface area contributed by atoms with Crippen LogP contribution in [0, 0.1) is 0 Å². The number of likely N-dealkylation sites (N-methyl/N-ethyl adjacent to an activating group) is 1. The number of hydrogen-bond donors (Lipinski definition) is 2. The van der Waals surface area contributed by atoms with E-state index in [0.29, 0.717) is 24.4 Å². The van der Waals surface area contributed by atoms with Crippen molar-refractivity contribution in [2.45, 2.75) is 6.54 Å². The van der Waals surface area contributed by atoms with Gasteiger partial charge in [-0.2, -0.15) is 0 Å². The minimum Gasteiger partial charge on any atom is -0.492 e. The minimum atomic E-state index is -0.189. The Morgan fingerprint density at radius 2 is 1.72 bits per heavy atom. The van der Waals surface area contributed by atoms with E-state index in [2.05, 4.69) is 10.2 Å². The van der Waals surface area contributed by atoms with Crippen molar-refractivity contribution in [1.82, 2.24) is 10.2 Å². The number of nitrogen functional groups attached to an aromatic ring is 1. The van der Waals surface area contributed by atoms with Crippen LogP contribution in [0.3, 0.4) is 0 Å². The van der Waals surface area contributed by atoms with Gasteiger partial charge in [0.25, 0.3) is 5.91 Å². The summed E-state index contributed by atoms with van der Waals surface area (Å²) in [6, 6.07) is 14.7. The van der Waals surface area contributed by atoms with Crippen molar-refractivity contribution in [2.24, 2.45) is 0 Å². The fourth-order valence-electron chi connectivity index (χ4n) is 2.10. The van der Waals surface area contributed by atoms with Crippen LogP contribution < -0.4 is 15.8 Å². The molecule has 7 heteroatoms. The van der Waals surface area contributed by atoms with Crippen LogP contribution in [0.2, 0.25) is 0 Å². The molecule has 0 fully saturated rings. The number of halogens is 2. The lowest BCUT2D eigenvalue weighted by molar-refractivity contribution is 0.0951. The number of rotatable bonds is 7. The molecule has 138 valence electrons. The molecule has 2 aromatic carbocycles. The van der Waals surface area contributed by atoms with E-state index in [1.807, 2.05) is 38.4 Å². The quantitative estimate of drug-likeness (QED) is 0.718. The number of para-hydroxylation sites is 2. The van der Waals surface area contributed by atoms with Gasteiger partial charge >= 0.3 is 0 Å². The van der Waals surface area contributed by atoms with Crippen LogP contribution in [0.25, 0.3) is 0 Å². The Hall–Kier alpha value is -1.95. The molecule has 0 saturated heterocycles. The summed E-state index contributed by atoms with van der Waals surface area (Å²) in [6.45, 7) is 1.83. The van der Waals surface area contributed by atoms with Crippen molar-refractivity contribution in [2.75, 3.05) is 33.0 Å². The van der Waals surface area contributed by atoms with E-state index >= 15 is 0 Å². The van der Waals surface area contributed by atoms with E-state index in [1.54, 1.807) is 24.3 Å². The summed E-state index contributed by atoms with van der Waals surface area (Å²) in [5.74, 6) is 0.599. The average Bonchev–Trinajstić information content (AvgIpc) is 2.54. The lowest BCUT2D eigenvalue weighted by Gasteiger charge is -2.14. The van der Waals surface area contributed by atoms with Crippen LogP contribution in [-0.4, -0.2) is 38.1 Å². The molecule has 0 aliphatic rings. The second kappa shape index (κ2) is 11.6. The first kappa shape index (κ1) is 23.1. The second-order valence-electron chi connectivity index (χ2n) is 5.53. The van der Waals surface area contributed by atoms with E-state index in [0.717, 1.165) is 17.9 Å². The third kappa shape index (κ3) is 7.22. The number of ether oxygens (including phenoxy) is 1. The molecule has 2 aromatic rings. The van der Waals surface area contributed by atoms with Crippen LogP contribution in [0.4, 0.5) is 5.69 Å². The maximum atomic E-state index is 12.2. The Labute approximate surface area is 161 Å². The predicted octanol–water partition coefficient (Wildman–Crippen LogP) is 2.98. The first-order chi connectivity index (χ1) is 11.1. The van der Waals surface area contributed by atoms with Gasteiger partial charge in [-0.1, -0.05) is 30.3 Å². The number of carbonyl (C=O) groups excluding carboxylic acids is 1. The van der Waals surface area contributed by atoms with Gasteiger partial charge in [-0.05, 0) is 32.3 Å². The zero-order valence-electron chi connectivity index (χ0n) is 14.4. The summed E-state index contributed by atoms with van der Waals surface area (Å²) >= 11 is 0. The zero-order chi connectivity index (χ0) is 16.7. The molecule has 25 heavy (non-hydrogen) atoms. The highest BCUT2D eigenvalue weighted by Crippen LogP contribution is 2.18. The Morgan fingerprint density at radius 1 is 1.08 bits per heavy atom. The molecular weight excluding hydrogens is 361 g/mol. The molecule has 0 bridgehead atoms. The summed E-state index contributed by atoms with van der Waals surface area (Å²) in [4.78, 5) is 14.3. The summed E-state index contributed by atoms with van der Waals surface area (Å²) in [5.41, 5.74) is 7.72. The van der Waals surface area contributed by atoms with Crippen molar-refractivity contribution in [3.05, 3.63) is 59.7 Å². The molecule has 0 spiro atoms. The third-order valence-electron chi connectivity index (χ3n) is 3.41. The molecule has 1 amide bonds. The monoisotopic (exact) mass is 385 g/mol. The Bertz CT molecular complexity index is 666. The SMILES string of the molecule is CN(C)CCOc1ccccc1CNC(=O)c1ccccc1N.Cl.Cl. The van der Waals surface area contributed by atoms with Crippen molar-refractivity contribution in [1.29, 1.82) is 0 Å². The number of benzene rings is 2. The lowest BCUT2D eigenvalue weighted by Crippen LogP contribution is -2.24. The summed E-state index contributed by atoms with van der Waals surface area (Å²) in [5, 5.41) is 2.89. The number of carbonyl (C=O) groups is 1. The van der Waals surface area contributed by atoms with Gasteiger partial charge in [0.1, 0.15) is 12.4 Å². The zero-order valence-corrected chi connectivity index (χ0v) is 16.0. The van der Waals surface area contributed by atoms with E-state index in [-0.39, 0.29) is 30.7 Å². The van der Waals surface area contributed by atoms with Gasteiger partial charge in [-0.25, -0.2) is 0 Å². The van der Waals surface area contributed by atoms with Crippen molar-refractivity contribution >= 4 is 36.4 Å². The molecule has 3 N–H and O–H groups in total. The van der Waals surface area contributed by atoms with Gasteiger partial charge in [0.2, 0.25) is 0 Å². The van der Waals surface area contributed by atoms with Crippen LogP contribution >= 0.6 is 24.8 Å². The van der Waals surface area contributed by atoms with Crippen molar-refractivity contribution in [3.8, 4) is 5.75 Å². The molecule has 0 saturated carbocycles. The Balaban J connectivity index is 0.00000288. The molecule has 0 heterocycles. The first-order valence-electron chi connectivity index (χ1n) is 7.56. The van der Waals surface area contributed by atoms with Gasteiger partial charge in [-0.15, -0.1) is 24.8 Å². The largest absolute Gasteiger partial charge is 0.492 e.